The molecule has 3 heteroatoms. The van der Waals surface area contributed by atoms with Crippen LogP contribution in [0.4, 0.5) is 28.4 Å². The van der Waals surface area contributed by atoms with E-state index in [1.807, 2.05) is 32.9 Å². The Balaban J connectivity index is 0.00000105. The lowest BCUT2D eigenvalue weighted by molar-refractivity contribution is 0.737. The molecule has 0 saturated carbocycles. The van der Waals surface area contributed by atoms with Crippen molar-refractivity contribution in [1.82, 2.24) is 0 Å². The summed E-state index contributed by atoms with van der Waals surface area (Å²) >= 11 is 0. The van der Waals surface area contributed by atoms with Gasteiger partial charge in [0, 0.05) is 39.8 Å². The number of anilines is 5. The molecule has 0 aliphatic heterocycles. The lowest BCUT2D eigenvalue weighted by atomic mass is 10.0. The van der Waals surface area contributed by atoms with Crippen LogP contribution in [0.15, 0.2) is 193 Å². The van der Waals surface area contributed by atoms with Crippen LogP contribution in [0.1, 0.15) is 60.5 Å². The zero-order valence-corrected chi connectivity index (χ0v) is 34.2. The van der Waals surface area contributed by atoms with Crippen molar-refractivity contribution in [3.63, 3.8) is 0 Å². The summed E-state index contributed by atoms with van der Waals surface area (Å²) in [6.45, 7) is 24.7. The molecule has 0 amide bonds. The fourth-order valence-corrected chi connectivity index (χ4v) is 5.69. The highest BCUT2D eigenvalue weighted by Crippen LogP contribution is 2.37. The summed E-state index contributed by atoms with van der Waals surface area (Å²) in [6, 6.07) is 43.4. The monoisotopic (exact) mass is 725 g/mol. The Morgan fingerprint density at radius 3 is 1.47 bits per heavy atom. The van der Waals surface area contributed by atoms with Crippen molar-refractivity contribution in [3.05, 3.63) is 199 Å². The highest BCUT2D eigenvalue weighted by molar-refractivity contribution is 5.80. The van der Waals surface area contributed by atoms with E-state index in [0.29, 0.717) is 0 Å². The number of rotatable bonds is 11. The van der Waals surface area contributed by atoms with Gasteiger partial charge in [-0.3, -0.25) is 0 Å². The van der Waals surface area contributed by atoms with E-state index in [1.165, 1.54) is 22.3 Å². The summed E-state index contributed by atoms with van der Waals surface area (Å²) in [5.74, 6) is 0.833. The first kappa shape index (κ1) is 41.7. The van der Waals surface area contributed by atoms with E-state index in [0.717, 1.165) is 68.9 Å². The van der Waals surface area contributed by atoms with E-state index in [2.05, 4.69) is 209 Å². The first-order chi connectivity index (χ1) is 26.5. The maximum absolute atomic E-state index is 4.08. The molecule has 282 valence electrons. The van der Waals surface area contributed by atoms with Gasteiger partial charge in [-0.2, -0.15) is 0 Å². The number of hydrogen-bond donors (Lipinski definition) is 2. The number of benzene rings is 5. The number of allylic oxidation sites excluding steroid dienone is 8. The van der Waals surface area contributed by atoms with Crippen molar-refractivity contribution in [2.75, 3.05) is 15.5 Å². The minimum atomic E-state index is 0.823. The molecule has 55 heavy (non-hydrogen) atoms. The van der Waals surface area contributed by atoms with Gasteiger partial charge in [0.1, 0.15) is 0 Å². The molecule has 6 rings (SSSR count). The number of nitrogens with one attached hydrogen (secondary N) is 2. The first-order valence-corrected chi connectivity index (χ1v) is 19.4. The van der Waals surface area contributed by atoms with E-state index in [9.17, 15) is 0 Å². The minimum absolute atomic E-state index is 0.823. The Bertz CT molecular complexity index is 2090. The third-order valence-electron chi connectivity index (χ3n) is 8.43. The molecule has 0 heterocycles. The van der Waals surface area contributed by atoms with Crippen molar-refractivity contribution in [1.29, 1.82) is 0 Å². The second kappa shape index (κ2) is 21.0. The Kier molecular flexibility index (Phi) is 15.9. The van der Waals surface area contributed by atoms with Crippen LogP contribution in [0.3, 0.4) is 0 Å². The van der Waals surface area contributed by atoms with Crippen molar-refractivity contribution in [3.8, 4) is 22.3 Å². The molecule has 5 aromatic carbocycles. The molecule has 0 fully saturated rings. The van der Waals surface area contributed by atoms with E-state index < -0.39 is 0 Å². The van der Waals surface area contributed by atoms with Crippen LogP contribution < -0.4 is 15.5 Å². The summed E-state index contributed by atoms with van der Waals surface area (Å²) in [4.78, 5) is 2.31. The van der Waals surface area contributed by atoms with E-state index in [-0.39, 0.29) is 0 Å². The second-order valence-corrected chi connectivity index (χ2v) is 14.3. The number of aryl methyl sites for hydroxylation is 1. The van der Waals surface area contributed by atoms with Crippen LogP contribution in [-0.4, -0.2) is 0 Å². The van der Waals surface area contributed by atoms with Gasteiger partial charge in [-0.05, 0) is 134 Å². The topological polar surface area (TPSA) is 27.3 Å². The van der Waals surface area contributed by atoms with Crippen molar-refractivity contribution in [2.45, 2.75) is 61.8 Å². The largest absolute Gasteiger partial charge is 0.356 e. The predicted molar refractivity (Wildman–Crippen MR) is 245 cm³/mol. The van der Waals surface area contributed by atoms with Crippen LogP contribution in [-0.2, 0) is 0 Å². The molecule has 0 radical (unpaired) electrons. The lowest BCUT2D eigenvalue weighted by Crippen LogP contribution is -2.09. The highest BCUT2D eigenvalue weighted by Gasteiger charge is 2.13. The van der Waals surface area contributed by atoms with Gasteiger partial charge in [-0.25, -0.2) is 0 Å². The van der Waals surface area contributed by atoms with Gasteiger partial charge < -0.3 is 15.5 Å². The maximum atomic E-state index is 4.08. The van der Waals surface area contributed by atoms with E-state index in [1.54, 1.807) is 0 Å². The Morgan fingerprint density at radius 1 is 0.600 bits per heavy atom. The summed E-state index contributed by atoms with van der Waals surface area (Å²) < 4.78 is 0. The molecule has 2 N–H and O–H groups in total. The third kappa shape index (κ3) is 13.1. The number of hydrogen-bond acceptors (Lipinski definition) is 3. The molecule has 5 aromatic rings. The normalized spacial score (nSPS) is 11.9. The fourth-order valence-electron chi connectivity index (χ4n) is 5.69. The quantitative estimate of drug-likeness (QED) is 0.133. The van der Waals surface area contributed by atoms with Gasteiger partial charge in [-0.1, -0.05) is 143 Å². The molecule has 0 saturated heterocycles. The Hall–Kier alpha value is -6.06. The second-order valence-electron chi connectivity index (χ2n) is 14.3. The summed E-state index contributed by atoms with van der Waals surface area (Å²) in [5.41, 5.74) is 15.6. The smallest absolute Gasteiger partial charge is 0.0462 e. The molecule has 0 aromatic heterocycles. The highest BCUT2D eigenvalue weighted by atomic mass is 15.1. The van der Waals surface area contributed by atoms with Gasteiger partial charge in [-0.15, -0.1) is 0 Å². The maximum Gasteiger partial charge on any atom is 0.0462 e. The molecular formula is C52H59N3. The summed E-state index contributed by atoms with van der Waals surface area (Å²) in [7, 11) is 0. The van der Waals surface area contributed by atoms with Crippen LogP contribution in [0.5, 0.6) is 0 Å². The summed E-state index contributed by atoms with van der Waals surface area (Å²) in [6.07, 6.45) is 13.5. The van der Waals surface area contributed by atoms with Gasteiger partial charge in [0.05, 0.1) is 0 Å². The van der Waals surface area contributed by atoms with Crippen molar-refractivity contribution < 1.29 is 0 Å². The standard InChI is InChI=1S/C46H43N3.C4H10.C2H6/c1-33(2)9-13-36(5)47-42-23-14-37(15-24-42)39-18-29-45(30-19-39)49(44-27-11-35(4)12-28-44)46-31-20-40(21-32-46)38-16-25-43(26-17-38)48-41-8-6-7-34(3)10-22-41;1-4(2)3;1-2/h6,8-32,47-48H,1,5,7H2,2-4H3;4H,1-3H3;1-2H3/b13-9-;;. The third-order valence-corrected chi connectivity index (χ3v) is 8.43. The van der Waals surface area contributed by atoms with Crippen LogP contribution in [0, 0.1) is 12.8 Å². The first-order valence-electron chi connectivity index (χ1n) is 19.4. The minimum Gasteiger partial charge on any atom is -0.356 e. The molecule has 0 unspecified atom stereocenters. The lowest BCUT2D eigenvalue weighted by Gasteiger charge is -2.26. The predicted octanol–water partition coefficient (Wildman–Crippen LogP) is 15.7. The van der Waals surface area contributed by atoms with Crippen LogP contribution in [0.25, 0.3) is 22.3 Å². The average molecular weight is 726 g/mol. The van der Waals surface area contributed by atoms with E-state index in [4.69, 9.17) is 0 Å². The van der Waals surface area contributed by atoms with Crippen molar-refractivity contribution in [2.24, 2.45) is 5.92 Å². The molecule has 0 spiro atoms. The van der Waals surface area contributed by atoms with Crippen LogP contribution >= 0.6 is 0 Å². The Morgan fingerprint density at radius 2 is 1.02 bits per heavy atom. The molecular weight excluding hydrogens is 667 g/mol. The number of nitrogens with zero attached hydrogens (tertiary/aromatic N) is 1. The molecule has 1 aliphatic carbocycles. The zero-order valence-electron chi connectivity index (χ0n) is 34.2. The van der Waals surface area contributed by atoms with Crippen LogP contribution in [0.2, 0.25) is 0 Å². The van der Waals surface area contributed by atoms with Gasteiger partial charge in [0.15, 0.2) is 0 Å². The van der Waals surface area contributed by atoms with Gasteiger partial charge in [0.2, 0.25) is 0 Å². The Labute approximate surface area is 331 Å². The molecule has 0 atom stereocenters. The van der Waals surface area contributed by atoms with Gasteiger partial charge >= 0.3 is 0 Å². The fraction of sp³-hybridized carbons (Fsp3) is 0.192. The molecule has 1 aliphatic rings. The van der Waals surface area contributed by atoms with Gasteiger partial charge in [0.25, 0.3) is 0 Å². The SMILES string of the molecule is C=C(C)/C=C\C(=C)Nc1ccc(-c2ccc(N(c3ccc(C)cc3)c3ccc(-c4ccc(NC5=CC=C(C)CC=C5)cc4)cc3)cc2)cc1.CC.CC(C)C. The van der Waals surface area contributed by atoms with Crippen molar-refractivity contribution >= 4 is 28.4 Å². The molecule has 3 nitrogen and oxygen atoms in total. The zero-order chi connectivity index (χ0) is 39.7. The van der Waals surface area contributed by atoms with E-state index >= 15 is 0 Å². The summed E-state index contributed by atoms with van der Waals surface area (Å²) in [5, 5.41) is 6.86. The molecule has 0 bridgehead atoms. The average Bonchev–Trinajstić information content (AvgIpc) is 3.40.